The first-order valence-corrected chi connectivity index (χ1v) is 9.88. The third-order valence-corrected chi connectivity index (χ3v) is 5.00. The van der Waals surface area contributed by atoms with Crippen molar-refractivity contribution < 1.29 is 0 Å². The molecule has 0 radical (unpaired) electrons. The fourth-order valence-corrected chi connectivity index (χ4v) is 3.73. The second-order valence-corrected chi connectivity index (χ2v) is 6.91. The van der Waals surface area contributed by atoms with Gasteiger partial charge in [0.15, 0.2) is 0 Å². The van der Waals surface area contributed by atoms with E-state index in [1.807, 2.05) is 0 Å². The van der Waals surface area contributed by atoms with E-state index in [2.05, 4.69) is 51.1 Å². The van der Waals surface area contributed by atoms with Crippen molar-refractivity contribution in [2.75, 3.05) is 0 Å². The van der Waals surface area contributed by atoms with Crippen LogP contribution in [0.25, 0.3) is 0 Å². The highest BCUT2D eigenvalue weighted by molar-refractivity contribution is 5.20. The fraction of sp³-hybridized carbons (Fsp3) is 0.727. The maximum Gasteiger partial charge on any atom is -0.0134 e. The first-order chi connectivity index (χ1) is 10.8. The Kier molecular flexibility index (Phi) is 11.2. The molecule has 0 amide bonds. The predicted octanol–water partition coefficient (Wildman–Crippen LogP) is 7.74. The van der Waals surface area contributed by atoms with E-state index in [0.29, 0.717) is 0 Å². The van der Waals surface area contributed by atoms with Crippen molar-refractivity contribution in [1.29, 1.82) is 0 Å². The lowest BCUT2D eigenvalue weighted by molar-refractivity contribution is 0.333. The van der Waals surface area contributed by atoms with Crippen molar-refractivity contribution in [3.63, 3.8) is 0 Å². The maximum absolute atomic E-state index is 2.37. The molecule has 2 atom stereocenters. The van der Waals surface area contributed by atoms with Gasteiger partial charge in [-0.3, -0.25) is 0 Å². The van der Waals surface area contributed by atoms with Crippen LogP contribution < -0.4 is 0 Å². The zero-order valence-corrected chi connectivity index (χ0v) is 15.3. The molecular weight excluding hydrogens is 264 g/mol. The Morgan fingerprint density at radius 1 is 0.636 bits per heavy atom. The quantitative estimate of drug-likeness (QED) is 0.327. The summed E-state index contributed by atoms with van der Waals surface area (Å²) < 4.78 is 0. The summed E-state index contributed by atoms with van der Waals surface area (Å²) in [6.07, 6.45) is 15.3. The molecule has 0 saturated carbocycles. The smallest absolute Gasteiger partial charge is 0.0134 e. The Hall–Kier alpha value is -0.780. The molecule has 0 nitrogen and oxygen atoms in total. The number of benzene rings is 1. The van der Waals surface area contributed by atoms with E-state index < -0.39 is 0 Å². The van der Waals surface area contributed by atoms with E-state index in [-0.39, 0.29) is 0 Å². The second-order valence-electron chi connectivity index (χ2n) is 6.91. The molecule has 0 aliphatic rings. The van der Waals surface area contributed by atoms with Crippen LogP contribution in [0, 0.1) is 5.92 Å². The van der Waals surface area contributed by atoms with Crippen molar-refractivity contribution in [2.45, 2.75) is 97.3 Å². The summed E-state index contributed by atoms with van der Waals surface area (Å²) in [6, 6.07) is 11.3. The van der Waals surface area contributed by atoms with E-state index in [4.69, 9.17) is 0 Å². The molecule has 2 unspecified atom stereocenters. The summed E-state index contributed by atoms with van der Waals surface area (Å²) in [5.41, 5.74) is 1.59. The molecule has 0 bridgehead atoms. The van der Waals surface area contributed by atoms with Crippen molar-refractivity contribution >= 4 is 0 Å². The van der Waals surface area contributed by atoms with Gasteiger partial charge in [0.25, 0.3) is 0 Å². The van der Waals surface area contributed by atoms with Crippen molar-refractivity contribution in [3.05, 3.63) is 35.9 Å². The highest BCUT2D eigenvalue weighted by atomic mass is 14.3. The molecule has 22 heavy (non-hydrogen) atoms. The summed E-state index contributed by atoms with van der Waals surface area (Å²) in [4.78, 5) is 0. The van der Waals surface area contributed by atoms with Crippen LogP contribution >= 0.6 is 0 Å². The molecule has 0 N–H and O–H groups in total. The van der Waals surface area contributed by atoms with E-state index >= 15 is 0 Å². The van der Waals surface area contributed by atoms with Crippen LogP contribution in [0.3, 0.4) is 0 Å². The van der Waals surface area contributed by atoms with Gasteiger partial charge in [0.05, 0.1) is 0 Å². The Labute approximate surface area is 139 Å². The molecule has 0 spiro atoms. The monoisotopic (exact) mass is 302 g/mol. The Balaban J connectivity index is 2.66. The normalized spacial score (nSPS) is 14.0. The lowest BCUT2D eigenvalue weighted by Gasteiger charge is -2.28. The zero-order valence-electron chi connectivity index (χ0n) is 15.3. The molecule has 0 aliphatic heterocycles. The lowest BCUT2D eigenvalue weighted by Crippen LogP contribution is -2.13. The molecule has 0 saturated heterocycles. The lowest BCUT2D eigenvalue weighted by atomic mass is 9.77. The van der Waals surface area contributed by atoms with E-state index in [9.17, 15) is 0 Å². The van der Waals surface area contributed by atoms with Gasteiger partial charge in [0, 0.05) is 0 Å². The fourth-order valence-electron chi connectivity index (χ4n) is 3.73. The van der Waals surface area contributed by atoms with Gasteiger partial charge < -0.3 is 0 Å². The topological polar surface area (TPSA) is 0 Å². The van der Waals surface area contributed by atoms with Crippen LogP contribution in [0.15, 0.2) is 30.3 Å². The average Bonchev–Trinajstić information content (AvgIpc) is 2.56. The number of rotatable bonds is 13. The van der Waals surface area contributed by atoms with E-state index in [1.165, 1.54) is 70.6 Å². The van der Waals surface area contributed by atoms with Gasteiger partial charge in [-0.15, -0.1) is 0 Å². The molecule has 0 fully saturated rings. The van der Waals surface area contributed by atoms with Crippen molar-refractivity contribution in [1.82, 2.24) is 0 Å². The van der Waals surface area contributed by atoms with Gasteiger partial charge in [0.2, 0.25) is 0 Å². The number of hydrogen-bond donors (Lipinski definition) is 0. The van der Waals surface area contributed by atoms with Crippen LogP contribution in [0.2, 0.25) is 0 Å². The molecule has 0 aliphatic carbocycles. The van der Waals surface area contributed by atoms with Crippen LogP contribution in [-0.2, 0) is 0 Å². The Morgan fingerprint density at radius 2 is 1.32 bits per heavy atom. The van der Waals surface area contributed by atoms with Gasteiger partial charge in [-0.25, -0.2) is 0 Å². The van der Waals surface area contributed by atoms with Crippen LogP contribution in [-0.4, -0.2) is 0 Å². The van der Waals surface area contributed by atoms with Crippen molar-refractivity contribution in [3.8, 4) is 0 Å². The predicted molar refractivity (Wildman–Crippen MR) is 100 cm³/mol. The summed E-state index contributed by atoms with van der Waals surface area (Å²) in [7, 11) is 0. The summed E-state index contributed by atoms with van der Waals surface area (Å²) in [5, 5.41) is 0. The Morgan fingerprint density at radius 3 is 1.95 bits per heavy atom. The molecule has 0 heteroatoms. The molecule has 1 rings (SSSR count). The molecule has 0 aromatic heterocycles. The van der Waals surface area contributed by atoms with E-state index in [0.717, 1.165) is 11.8 Å². The highest BCUT2D eigenvalue weighted by Crippen LogP contribution is 2.36. The maximum atomic E-state index is 2.37. The van der Waals surface area contributed by atoms with Crippen LogP contribution in [0.1, 0.15) is 103 Å². The zero-order chi connectivity index (χ0) is 16.0. The van der Waals surface area contributed by atoms with Crippen molar-refractivity contribution in [2.24, 2.45) is 5.92 Å². The average molecular weight is 303 g/mol. The molecule has 1 aromatic carbocycles. The first kappa shape index (κ1) is 19.3. The minimum Gasteiger partial charge on any atom is -0.0654 e. The number of unbranched alkanes of at least 4 members (excludes halogenated alkanes) is 5. The van der Waals surface area contributed by atoms with Gasteiger partial charge in [-0.1, -0.05) is 109 Å². The molecular formula is C22H38. The third-order valence-electron chi connectivity index (χ3n) is 5.00. The minimum absolute atomic E-state index is 0.786. The molecule has 0 heterocycles. The second kappa shape index (κ2) is 12.7. The first-order valence-electron chi connectivity index (χ1n) is 9.88. The number of hydrogen-bond acceptors (Lipinski definition) is 0. The SMILES string of the molecule is CCCCCCCC(c1ccccc1)C(CCC)CCCC. The van der Waals surface area contributed by atoms with Gasteiger partial charge in [-0.2, -0.15) is 0 Å². The van der Waals surface area contributed by atoms with Crippen LogP contribution in [0.4, 0.5) is 0 Å². The van der Waals surface area contributed by atoms with Gasteiger partial charge in [-0.05, 0) is 30.2 Å². The summed E-state index contributed by atoms with van der Waals surface area (Å²) in [6.45, 7) is 6.97. The van der Waals surface area contributed by atoms with Gasteiger partial charge in [0.1, 0.15) is 0 Å². The third kappa shape index (κ3) is 7.47. The highest BCUT2D eigenvalue weighted by Gasteiger charge is 2.21. The molecule has 126 valence electrons. The van der Waals surface area contributed by atoms with E-state index in [1.54, 1.807) is 5.56 Å². The molecule has 1 aromatic rings. The summed E-state index contributed by atoms with van der Waals surface area (Å²) in [5.74, 6) is 1.67. The Bertz CT molecular complexity index is 340. The van der Waals surface area contributed by atoms with Crippen LogP contribution in [0.5, 0.6) is 0 Å². The van der Waals surface area contributed by atoms with Gasteiger partial charge >= 0.3 is 0 Å². The standard InChI is InChI=1S/C22H38/c1-4-7-9-10-14-19-22(21-17-12-11-13-18-21)20(15-6-3)16-8-5-2/h11-13,17-18,20,22H,4-10,14-16,19H2,1-3H3. The summed E-state index contributed by atoms with van der Waals surface area (Å²) >= 11 is 0. The largest absolute Gasteiger partial charge is 0.0654 e. The minimum atomic E-state index is 0.786.